The van der Waals surface area contributed by atoms with Gasteiger partial charge in [-0.2, -0.15) is 0 Å². The van der Waals surface area contributed by atoms with Crippen LogP contribution in [0.5, 0.6) is 23.0 Å². The molecule has 0 aliphatic rings. The average Bonchev–Trinajstić information content (AvgIpc) is 2.37. The van der Waals surface area contributed by atoms with Crippen molar-refractivity contribution in [2.24, 2.45) is 0 Å². The van der Waals surface area contributed by atoms with Gasteiger partial charge in [0.05, 0.1) is 0 Å². The number of rotatable bonds is 2. The van der Waals surface area contributed by atoms with Gasteiger partial charge in [0.1, 0.15) is 23.0 Å². The van der Waals surface area contributed by atoms with E-state index in [9.17, 15) is 20.4 Å². The Morgan fingerprint density at radius 2 is 0.952 bits per heavy atom. The third-order valence-electron chi connectivity index (χ3n) is 3.98. The molecule has 0 bridgehead atoms. The largest absolute Gasteiger partial charge is 0.508 e. The zero-order valence-corrected chi connectivity index (χ0v) is 12.6. The molecule has 0 radical (unpaired) electrons. The van der Waals surface area contributed by atoms with Crippen molar-refractivity contribution in [2.75, 3.05) is 0 Å². The molecule has 0 amide bonds. The van der Waals surface area contributed by atoms with E-state index in [1.54, 1.807) is 26.0 Å². The first kappa shape index (κ1) is 15.0. The van der Waals surface area contributed by atoms with Crippen LogP contribution in [0, 0.1) is 13.8 Å². The number of phenols is 4. The highest BCUT2D eigenvalue weighted by atomic mass is 16.3. The fraction of sp³-hybridized carbons (Fsp3) is 0.294. The standard InChI is InChI=1S/C17H20O4/c1-9-5-11(15(20)7-13(9)18)17(3,4)12-6-10(2)14(19)8-16(12)21/h5-8,18-21H,1-4H3. The molecule has 0 heterocycles. The zero-order chi connectivity index (χ0) is 15.9. The molecule has 4 nitrogen and oxygen atoms in total. The topological polar surface area (TPSA) is 80.9 Å². The van der Waals surface area contributed by atoms with Crippen molar-refractivity contribution in [3.8, 4) is 23.0 Å². The summed E-state index contributed by atoms with van der Waals surface area (Å²) in [5.41, 5.74) is 1.79. The summed E-state index contributed by atoms with van der Waals surface area (Å²) >= 11 is 0. The van der Waals surface area contributed by atoms with Gasteiger partial charge in [-0.25, -0.2) is 0 Å². The molecule has 0 saturated carbocycles. The lowest BCUT2D eigenvalue weighted by Gasteiger charge is -2.28. The number of hydrogen-bond acceptors (Lipinski definition) is 4. The van der Waals surface area contributed by atoms with Gasteiger partial charge in [0.2, 0.25) is 0 Å². The Morgan fingerprint density at radius 1 is 0.619 bits per heavy atom. The minimum atomic E-state index is -0.689. The van der Waals surface area contributed by atoms with Crippen molar-refractivity contribution in [3.63, 3.8) is 0 Å². The van der Waals surface area contributed by atoms with Gasteiger partial charge >= 0.3 is 0 Å². The van der Waals surface area contributed by atoms with Gasteiger partial charge in [-0.3, -0.25) is 0 Å². The Bertz CT molecular complexity index is 643. The van der Waals surface area contributed by atoms with E-state index in [1.807, 2.05) is 13.8 Å². The Kier molecular flexibility index (Phi) is 3.49. The molecule has 0 aromatic heterocycles. The van der Waals surface area contributed by atoms with E-state index >= 15 is 0 Å². The first-order valence-electron chi connectivity index (χ1n) is 6.70. The van der Waals surface area contributed by atoms with Gasteiger partial charge < -0.3 is 20.4 Å². The van der Waals surface area contributed by atoms with Crippen LogP contribution < -0.4 is 0 Å². The molecule has 0 spiro atoms. The van der Waals surface area contributed by atoms with E-state index in [0.29, 0.717) is 22.3 Å². The first-order valence-corrected chi connectivity index (χ1v) is 6.70. The third-order valence-corrected chi connectivity index (χ3v) is 3.98. The number of phenolic OH excluding ortho intramolecular Hbond substituents is 4. The minimum absolute atomic E-state index is 0.0261. The molecule has 0 unspecified atom stereocenters. The molecule has 2 rings (SSSR count). The van der Waals surface area contributed by atoms with Crippen molar-refractivity contribution in [3.05, 3.63) is 46.5 Å². The van der Waals surface area contributed by atoms with E-state index in [0.717, 1.165) is 0 Å². The zero-order valence-electron chi connectivity index (χ0n) is 12.6. The second-order valence-corrected chi connectivity index (χ2v) is 5.94. The Hall–Kier alpha value is -2.36. The molecule has 0 aliphatic heterocycles. The predicted molar refractivity (Wildman–Crippen MR) is 81.1 cm³/mol. The molecule has 0 aliphatic carbocycles. The fourth-order valence-electron chi connectivity index (χ4n) is 2.52. The number of aromatic hydroxyl groups is 4. The smallest absolute Gasteiger partial charge is 0.123 e. The van der Waals surface area contributed by atoms with Gasteiger partial charge in [0.25, 0.3) is 0 Å². The molecular formula is C17H20O4. The van der Waals surface area contributed by atoms with Crippen LogP contribution in [0.25, 0.3) is 0 Å². The van der Waals surface area contributed by atoms with Crippen LogP contribution in [0.3, 0.4) is 0 Å². The predicted octanol–water partition coefficient (Wildman–Crippen LogP) is 3.45. The Balaban J connectivity index is 2.67. The van der Waals surface area contributed by atoms with E-state index < -0.39 is 5.41 Å². The minimum Gasteiger partial charge on any atom is -0.508 e. The molecule has 4 heteroatoms. The molecule has 112 valence electrons. The quantitative estimate of drug-likeness (QED) is 0.682. The third kappa shape index (κ3) is 2.49. The normalized spacial score (nSPS) is 11.6. The average molecular weight is 288 g/mol. The van der Waals surface area contributed by atoms with Crippen molar-refractivity contribution in [1.29, 1.82) is 0 Å². The summed E-state index contributed by atoms with van der Waals surface area (Å²) in [6, 6.07) is 6.01. The van der Waals surface area contributed by atoms with Crippen LogP contribution in [0.1, 0.15) is 36.1 Å². The maximum atomic E-state index is 10.1. The van der Waals surface area contributed by atoms with Crippen LogP contribution in [0.15, 0.2) is 24.3 Å². The van der Waals surface area contributed by atoms with Gasteiger partial charge in [-0.05, 0) is 37.1 Å². The van der Waals surface area contributed by atoms with E-state index in [1.165, 1.54) is 12.1 Å². The van der Waals surface area contributed by atoms with E-state index in [4.69, 9.17) is 0 Å². The van der Waals surface area contributed by atoms with E-state index in [2.05, 4.69) is 0 Å². The second-order valence-electron chi connectivity index (χ2n) is 5.94. The van der Waals surface area contributed by atoms with Crippen molar-refractivity contribution in [2.45, 2.75) is 33.1 Å². The summed E-state index contributed by atoms with van der Waals surface area (Å²) < 4.78 is 0. The van der Waals surface area contributed by atoms with Gasteiger partial charge in [0, 0.05) is 28.7 Å². The Labute approximate surface area is 123 Å². The highest BCUT2D eigenvalue weighted by molar-refractivity contribution is 5.56. The fourth-order valence-corrected chi connectivity index (χ4v) is 2.52. The molecule has 0 atom stereocenters. The number of benzene rings is 2. The summed E-state index contributed by atoms with van der Waals surface area (Å²) in [5.74, 6) is -0.0160. The molecule has 21 heavy (non-hydrogen) atoms. The van der Waals surface area contributed by atoms with Crippen molar-refractivity contribution >= 4 is 0 Å². The molecule has 0 fully saturated rings. The molecule has 4 N–H and O–H groups in total. The lowest BCUT2D eigenvalue weighted by atomic mass is 9.76. The highest BCUT2D eigenvalue weighted by Gasteiger charge is 2.30. The second kappa shape index (κ2) is 4.88. The number of aryl methyl sites for hydroxylation is 2. The first-order chi connectivity index (χ1) is 9.64. The van der Waals surface area contributed by atoms with Gasteiger partial charge in [-0.15, -0.1) is 0 Å². The van der Waals surface area contributed by atoms with Crippen LogP contribution in [-0.2, 0) is 5.41 Å². The molecule has 0 saturated heterocycles. The lowest BCUT2D eigenvalue weighted by molar-refractivity contribution is 0.420. The Morgan fingerprint density at radius 3 is 1.29 bits per heavy atom. The van der Waals surface area contributed by atoms with Crippen LogP contribution in [0.2, 0.25) is 0 Å². The SMILES string of the molecule is Cc1cc(C(C)(C)c2cc(C)c(O)cc2O)c(O)cc1O. The summed E-state index contributed by atoms with van der Waals surface area (Å²) in [6.07, 6.45) is 0. The molecular weight excluding hydrogens is 268 g/mol. The van der Waals surface area contributed by atoms with Crippen LogP contribution in [-0.4, -0.2) is 20.4 Å². The summed E-state index contributed by atoms with van der Waals surface area (Å²) in [5, 5.41) is 39.6. The molecule has 2 aromatic rings. The highest BCUT2D eigenvalue weighted by Crippen LogP contribution is 2.44. The lowest BCUT2D eigenvalue weighted by Crippen LogP contribution is -2.19. The summed E-state index contributed by atoms with van der Waals surface area (Å²) in [7, 11) is 0. The summed E-state index contributed by atoms with van der Waals surface area (Å²) in [4.78, 5) is 0. The van der Waals surface area contributed by atoms with Crippen molar-refractivity contribution < 1.29 is 20.4 Å². The van der Waals surface area contributed by atoms with Gasteiger partial charge in [0.15, 0.2) is 0 Å². The number of hydrogen-bond donors (Lipinski definition) is 4. The maximum absolute atomic E-state index is 10.1. The monoisotopic (exact) mass is 288 g/mol. The maximum Gasteiger partial charge on any atom is 0.123 e. The van der Waals surface area contributed by atoms with E-state index in [-0.39, 0.29) is 23.0 Å². The van der Waals surface area contributed by atoms with Crippen LogP contribution in [0.4, 0.5) is 0 Å². The van der Waals surface area contributed by atoms with Crippen LogP contribution >= 0.6 is 0 Å². The summed E-state index contributed by atoms with van der Waals surface area (Å²) in [6.45, 7) is 7.22. The van der Waals surface area contributed by atoms with Crippen molar-refractivity contribution in [1.82, 2.24) is 0 Å². The molecule has 2 aromatic carbocycles. The van der Waals surface area contributed by atoms with Gasteiger partial charge in [-0.1, -0.05) is 13.8 Å².